The molecular weight excluding hydrogens is 508 g/mol. The van der Waals surface area contributed by atoms with Crippen molar-refractivity contribution in [1.29, 1.82) is 0 Å². The largest absolute Gasteiger partial charge is 0.462 e. The van der Waals surface area contributed by atoms with Crippen LogP contribution in [-0.4, -0.2) is 48.5 Å². The van der Waals surface area contributed by atoms with E-state index in [2.05, 4.69) is 12.2 Å². The molecule has 0 aromatic heterocycles. The second kappa shape index (κ2) is 16.6. The number of benzene rings is 2. The number of unbranched alkanes of at least 4 members (excludes halogenated alkanes) is 11. The Morgan fingerprint density at radius 1 is 0.775 bits per heavy atom. The van der Waals surface area contributed by atoms with E-state index in [-0.39, 0.29) is 16.7 Å². The third kappa shape index (κ3) is 8.74. The number of ether oxygens (including phenoxy) is 2. The van der Waals surface area contributed by atoms with Gasteiger partial charge in [-0.25, -0.2) is 9.69 Å². The topological polar surface area (TPSA) is 102 Å². The molecule has 3 rings (SSSR count). The number of imide groups is 1. The highest BCUT2D eigenvalue weighted by Gasteiger charge is 2.43. The van der Waals surface area contributed by atoms with Crippen LogP contribution in [0.2, 0.25) is 0 Å². The maximum Gasteiger partial charge on any atom is 0.338 e. The maximum absolute atomic E-state index is 13.1. The predicted octanol–water partition coefficient (Wildman–Crippen LogP) is 6.75. The van der Waals surface area contributed by atoms with Crippen LogP contribution in [0.4, 0.5) is 5.69 Å². The minimum atomic E-state index is -1.46. The summed E-state index contributed by atoms with van der Waals surface area (Å²) in [7, 11) is 1.25. The highest BCUT2D eigenvalue weighted by atomic mass is 16.5. The predicted molar refractivity (Wildman–Crippen MR) is 154 cm³/mol. The number of rotatable bonds is 18. The summed E-state index contributed by atoms with van der Waals surface area (Å²) < 4.78 is 10.6. The van der Waals surface area contributed by atoms with E-state index in [1.54, 1.807) is 30.3 Å². The Labute approximate surface area is 237 Å². The maximum atomic E-state index is 13.1. The fourth-order valence-corrected chi connectivity index (χ4v) is 4.85. The first-order valence-electron chi connectivity index (χ1n) is 14.6. The molecule has 2 aromatic carbocycles. The van der Waals surface area contributed by atoms with E-state index in [1.165, 1.54) is 83.1 Å². The molecule has 0 aliphatic carbocycles. The smallest absolute Gasteiger partial charge is 0.338 e. The molecule has 2 aromatic rings. The van der Waals surface area contributed by atoms with Gasteiger partial charge < -0.3 is 14.8 Å². The van der Waals surface area contributed by atoms with Gasteiger partial charge in [-0.3, -0.25) is 14.4 Å². The van der Waals surface area contributed by atoms with Crippen molar-refractivity contribution in [3.8, 4) is 0 Å². The van der Waals surface area contributed by atoms with Crippen molar-refractivity contribution in [1.82, 2.24) is 4.90 Å². The third-order valence-electron chi connectivity index (χ3n) is 7.11. The lowest BCUT2D eigenvalue weighted by Crippen LogP contribution is -2.48. The van der Waals surface area contributed by atoms with Gasteiger partial charge in [0.15, 0.2) is 0 Å². The van der Waals surface area contributed by atoms with Crippen LogP contribution >= 0.6 is 0 Å². The Balaban J connectivity index is 1.42. The van der Waals surface area contributed by atoms with Crippen LogP contribution in [0.25, 0.3) is 0 Å². The summed E-state index contributed by atoms with van der Waals surface area (Å²) in [5.41, 5.74) is 0.837. The summed E-state index contributed by atoms with van der Waals surface area (Å²) in [4.78, 5) is 52.3. The molecule has 0 spiro atoms. The zero-order chi connectivity index (χ0) is 28.7. The van der Waals surface area contributed by atoms with Gasteiger partial charge in [-0.1, -0.05) is 95.8 Å². The van der Waals surface area contributed by atoms with E-state index in [1.807, 2.05) is 0 Å². The Morgan fingerprint density at radius 2 is 1.35 bits per heavy atom. The summed E-state index contributed by atoms with van der Waals surface area (Å²) in [5.74, 6) is -2.57. The van der Waals surface area contributed by atoms with Crippen LogP contribution in [0.3, 0.4) is 0 Å². The van der Waals surface area contributed by atoms with Gasteiger partial charge in [-0.2, -0.15) is 0 Å². The number of carbonyl (C=O) groups excluding carboxylic acids is 4. The van der Waals surface area contributed by atoms with Crippen molar-refractivity contribution in [3.05, 3.63) is 65.2 Å². The molecule has 40 heavy (non-hydrogen) atoms. The van der Waals surface area contributed by atoms with E-state index < -0.39 is 29.9 Å². The second-order valence-corrected chi connectivity index (χ2v) is 10.2. The van der Waals surface area contributed by atoms with Crippen molar-refractivity contribution < 1.29 is 28.7 Å². The van der Waals surface area contributed by atoms with Gasteiger partial charge >= 0.3 is 5.97 Å². The fourth-order valence-electron chi connectivity index (χ4n) is 4.85. The molecule has 0 fully saturated rings. The number of hydrogen-bond acceptors (Lipinski definition) is 6. The van der Waals surface area contributed by atoms with Gasteiger partial charge in [0.2, 0.25) is 6.23 Å². The Kier molecular flexibility index (Phi) is 12.8. The highest BCUT2D eigenvalue weighted by molar-refractivity contribution is 6.23. The molecule has 1 heterocycles. The van der Waals surface area contributed by atoms with Gasteiger partial charge in [0.05, 0.1) is 23.3 Å². The molecule has 3 amide bonds. The number of esters is 1. The monoisotopic (exact) mass is 550 g/mol. The molecule has 0 bridgehead atoms. The van der Waals surface area contributed by atoms with E-state index in [0.717, 1.165) is 24.2 Å². The number of anilines is 1. The van der Waals surface area contributed by atoms with Crippen LogP contribution in [0.5, 0.6) is 0 Å². The number of amides is 3. The van der Waals surface area contributed by atoms with Crippen molar-refractivity contribution >= 4 is 29.4 Å². The quantitative estimate of drug-likeness (QED) is 0.125. The summed E-state index contributed by atoms with van der Waals surface area (Å²) in [6, 6.07) is 12.9. The molecule has 8 heteroatoms. The number of fused-ring (bicyclic) bond motifs is 1. The first-order valence-corrected chi connectivity index (χ1v) is 14.6. The standard InChI is InChI=1S/C32H42N2O6/c1-3-4-5-6-7-8-9-10-11-12-13-17-22-40-32(38)24-20-21-26-27(23-24)30(37)34(29(26)36)31(39-2)28(35)33-25-18-15-14-16-19-25/h14-16,18-21,23,31H,3-13,17,22H2,1-2H3,(H,33,35). The lowest BCUT2D eigenvalue weighted by Gasteiger charge is -2.23. The van der Waals surface area contributed by atoms with Crippen LogP contribution in [0.15, 0.2) is 48.5 Å². The first-order chi connectivity index (χ1) is 19.5. The van der Waals surface area contributed by atoms with Crippen molar-refractivity contribution in [2.75, 3.05) is 19.0 Å². The lowest BCUT2D eigenvalue weighted by atomic mass is 10.1. The molecule has 1 aliphatic rings. The number of hydrogen-bond donors (Lipinski definition) is 1. The Bertz CT molecular complexity index is 1130. The van der Waals surface area contributed by atoms with Gasteiger partial charge in [0, 0.05) is 12.8 Å². The molecule has 0 saturated carbocycles. The molecule has 1 aliphatic heterocycles. The minimum absolute atomic E-state index is 0.0411. The lowest BCUT2D eigenvalue weighted by molar-refractivity contribution is -0.132. The molecule has 1 atom stereocenters. The highest BCUT2D eigenvalue weighted by Crippen LogP contribution is 2.27. The molecule has 1 N–H and O–H groups in total. The molecule has 0 saturated heterocycles. The number of nitrogens with zero attached hydrogens (tertiary/aromatic N) is 1. The van der Waals surface area contributed by atoms with Crippen molar-refractivity contribution in [3.63, 3.8) is 0 Å². The van der Waals surface area contributed by atoms with Gasteiger partial charge in [-0.05, 0) is 36.8 Å². The molecule has 1 unspecified atom stereocenters. The van der Waals surface area contributed by atoms with E-state index in [0.29, 0.717) is 12.3 Å². The number of carbonyl (C=O) groups is 4. The number of para-hydroxylation sites is 1. The Morgan fingerprint density at radius 3 is 1.95 bits per heavy atom. The fraction of sp³-hybridized carbons (Fsp3) is 0.500. The summed E-state index contributed by atoms with van der Waals surface area (Å²) in [5, 5.41) is 2.64. The van der Waals surface area contributed by atoms with Crippen molar-refractivity contribution in [2.45, 2.75) is 90.2 Å². The number of nitrogens with one attached hydrogen (secondary N) is 1. The van der Waals surface area contributed by atoms with Crippen molar-refractivity contribution in [2.24, 2.45) is 0 Å². The van der Waals surface area contributed by atoms with E-state index >= 15 is 0 Å². The zero-order valence-electron chi connectivity index (χ0n) is 23.8. The molecule has 216 valence electrons. The minimum Gasteiger partial charge on any atom is -0.462 e. The van der Waals surface area contributed by atoms with E-state index in [4.69, 9.17) is 9.47 Å². The third-order valence-corrected chi connectivity index (χ3v) is 7.11. The van der Waals surface area contributed by atoms with Crippen LogP contribution in [0, 0.1) is 0 Å². The average molecular weight is 551 g/mol. The van der Waals surface area contributed by atoms with Gasteiger partial charge in [-0.15, -0.1) is 0 Å². The average Bonchev–Trinajstić information content (AvgIpc) is 3.21. The van der Waals surface area contributed by atoms with E-state index in [9.17, 15) is 19.2 Å². The molecule has 0 radical (unpaired) electrons. The summed E-state index contributed by atoms with van der Waals surface area (Å²) in [6.07, 6.45) is 13.2. The normalized spacial score (nSPS) is 13.3. The Hall–Kier alpha value is -3.52. The van der Waals surface area contributed by atoms with Crippen LogP contribution in [0.1, 0.15) is 115 Å². The number of methoxy groups -OCH3 is 1. The van der Waals surface area contributed by atoms with Crippen LogP contribution in [-0.2, 0) is 14.3 Å². The molecular formula is C32H42N2O6. The SMILES string of the molecule is CCCCCCCCCCCCCCOC(=O)c1ccc2c(c1)C(=O)N(C(OC)C(=O)Nc1ccccc1)C2=O. The second-order valence-electron chi connectivity index (χ2n) is 10.2. The van der Waals surface area contributed by atoms with Crippen LogP contribution < -0.4 is 5.32 Å². The zero-order valence-corrected chi connectivity index (χ0v) is 23.8. The summed E-state index contributed by atoms with van der Waals surface area (Å²) >= 11 is 0. The summed E-state index contributed by atoms with van der Waals surface area (Å²) in [6.45, 7) is 2.54. The van der Waals surface area contributed by atoms with Gasteiger partial charge in [0.25, 0.3) is 17.7 Å². The molecule has 8 nitrogen and oxygen atoms in total. The first kappa shape index (κ1) is 31.0. The van der Waals surface area contributed by atoms with Gasteiger partial charge in [0.1, 0.15) is 0 Å².